The number of hydrogen-bond acceptors (Lipinski definition) is 3. The fourth-order valence-electron chi connectivity index (χ4n) is 3.44. The van der Waals surface area contributed by atoms with Crippen molar-refractivity contribution in [1.29, 1.82) is 0 Å². The highest BCUT2D eigenvalue weighted by molar-refractivity contribution is 5.89. The second-order valence-corrected chi connectivity index (χ2v) is 7.18. The van der Waals surface area contributed by atoms with Crippen LogP contribution in [-0.4, -0.2) is 60.6 Å². The minimum absolute atomic E-state index is 0.0724. The molecule has 0 spiro atoms. The number of nitrogens with zero attached hydrogens (tertiary/aromatic N) is 2. The van der Waals surface area contributed by atoms with Crippen molar-refractivity contribution >= 4 is 17.6 Å². The molecule has 1 N–H and O–H groups in total. The molecule has 3 amide bonds. The van der Waals surface area contributed by atoms with Crippen molar-refractivity contribution in [1.82, 2.24) is 9.80 Å². The monoisotopic (exact) mass is 359 g/mol. The van der Waals surface area contributed by atoms with Crippen LogP contribution in [0.15, 0.2) is 24.3 Å². The van der Waals surface area contributed by atoms with Gasteiger partial charge in [0.25, 0.3) is 5.91 Å². The maximum atomic E-state index is 12.5. The van der Waals surface area contributed by atoms with Gasteiger partial charge in [-0.2, -0.15) is 0 Å². The molecule has 0 bridgehead atoms. The van der Waals surface area contributed by atoms with Crippen LogP contribution in [0.25, 0.3) is 0 Å². The predicted molar refractivity (Wildman–Crippen MR) is 101 cm³/mol. The summed E-state index contributed by atoms with van der Waals surface area (Å²) in [5.41, 5.74) is 2.09. The quantitative estimate of drug-likeness (QED) is 0.899. The summed E-state index contributed by atoms with van der Waals surface area (Å²) in [6, 6.07) is 7.95. The lowest BCUT2D eigenvalue weighted by Crippen LogP contribution is -2.53. The molecule has 0 unspecified atom stereocenters. The van der Waals surface area contributed by atoms with Crippen molar-refractivity contribution in [3.63, 3.8) is 0 Å². The van der Waals surface area contributed by atoms with Gasteiger partial charge in [-0.15, -0.1) is 0 Å². The van der Waals surface area contributed by atoms with E-state index in [4.69, 9.17) is 4.74 Å². The number of rotatable bonds is 4. The van der Waals surface area contributed by atoms with Crippen molar-refractivity contribution < 1.29 is 14.3 Å². The zero-order valence-corrected chi connectivity index (χ0v) is 15.7. The molecule has 2 fully saturated rings. The molecular weight excluding hydrogens is 330 g/mol. The number of piperazine rings is 1. The average molecular weight is 359 g/mol. The Kier molecular flexibility index (Phi) is 6.14. The number of urea groups is 1. The van der Waals surface area contributed by atoms with Crippen molar-refractivity contribution in [2.75, 3.05) is 38.1 Å². The molecule has 2 heterocycles. The van der Waals surface area contributed by atoms with Gasteiger partial charge in [-0.25, -0.2) is 4.79 Å². The molecule has 26 heavy (non-hydrogen) atoms. The van der Waals surface area contributed by atoms with Gasteiger partial charge in [0, 0.05) is 38.5 Å². The van der Waals surface area contributed by atoms with Gasteiger partial charge in [0.1, 0.15) is 6.10 Å². The van der Waals surface area contributed by atoms with E-state index in [9.17, 15) is 9.59 Å². The second-order valence-electron chi connectivity index (χ2n) is 7.18. The lowest BCUT2D eigenvalue weighted by atomic mass is 9.99. The van der Waals surface area contributed by atoms with Gasteiger partial charge in [0.2, 0.25) is 0 Å². The molecule has 2 saturated heterocycles. The first-order valence-electron chi connectivity index (χ1n) is 9.64. The highest BCUT2D eigenvalue weighted by Crippen LogP contribution is 2.21. The van der Waals surface area contributed by atoms with Crippen LogP contribution in [0.5, 0.6) is 0 Å². The van der Waals surface area contributed by atoms with Gasteiger partial charge in [-0.3, -0.25) is 4.79 Å². The summed E-state index contributed by atoms with van der Waals surface area (Å²) in [6.07, 6.45) is 2.58. The Labute approximate surface area is 155 Å². The maximum Gasteiger partial charge on any atom is 0.321 e. The summed E-state index contributed by atoms with van der Waals surface area (Å²) in [4.78, 5) is 28.4. The second kappa shape index (κ2) is 8.54. The van der Waals surface area contributed by atoms with Gasteiger partial charge in [-0.05, 0) is 42.9 Å². The van der Waals surface area contributed by atoms with Crippen molar-refractivity contribution in [3.05, 3.63) is 29.8 Å². The number of carbonyl (C=O) groups excluding carboxylic acids is 2. The molecule has 6 nitrogen and oxygen atoms in total. The predicted octanol–water partition coefficient (Wildman–Crippen LogP) is 3.06. The van der Waals surface area contributed by atoms with Crippen molar-refractivity contribution in [3.8, 4) is 0 Å². The van der Waals surface area contributed by atoms with E-state index in [1.807, 2.05) is 17.0 Å². The normalized spacial score (nSPS) is 21.5. The molecule has 2 atom stereocenters. The molecule has 2 aliphatic heterocycles. The van der Waals surface area contributed by atoms with Crippen LogP contribution in [0, 0.1) is 0 Å². The van der Waals surface area contributed by atoms with Crippen LogP contribution >= 0.6 is 0 Å². The van der Waals surface area contributed by atoms with Crippen LogP contribution in [0.1, 0.15) is 44.6 Å². The van der Waals surface area contributed by atoms with Gasteiger partial charge >= 0.3 is 6.03 Å². The van der Waals surface area contributed by atoms with E-state index in [-0.39, 0.29) is 18.0 Å². The summed E-state index contributed by atoms with van der Waals surface area (Å²) >= 11 is 0. The lowest BCUT2D eigenvalue weighted by Gasteiger charge is -2.35. The van der Waals surface area contributed by atoms with E-state index in [0.717, 1.165) is 24.9 Å². The Bertz CT molecular complexity index is 618. The van der Waals surface area contributed by atoms with Gasteiger partial charge in [-0.1, -0.05) is 26.0 Å². The Morgan fingerprint density at radius 2 is 1.81 bits per heavy atom. The number of anilines is 1. The first-order chi connectivity index (χ1) is 12.6. The molecule has 142 valence electrons. The number of amides is 3. The number of hydrogen-bond donors (Lipinski definition) is 1. The van der Waals surface area contributed by atoms with E-state index < -0.39 is 0 Å². The molecule has 3 rings (SSSR count). The van der Waals surface area contributed by atoms with Crippen LogP contribution in [0.2, 0.25) is 0 Å². The molecule has 1 aromatic rings. The summed E-state index contributed by atoms with van der Waals surface area (Å²) in [5.74, 6) is 0.595. The van der Waals surface area contributed by atoms with Gasteiger partial charge < -0.3 is 19.9 Å². The minimum Gasteiger partial charge on any atom is -0.368 e. The first-order valence-corrected chi connectivity index (χ1v) is 9.64. The number of nitrogens with one attached hydrogen (secondary N) is 1. The van der Waals surface area contributed by atoms with E-state index in [1.165, 1.54) is 5.56 Å². The van der Waals surface area contributed by atoms with Crippen LogP contribution in [-0.2, 0) is 9.53 Å². The molecule has 1 aromatic carbocycles. The summed E-state index contributed by atoms with van der Waals surface area (Å²) < 4.78 is 5.47. The van der Waals surface area contributed by atoms with Gasteiger partial charge in [0.15, 0.2) is 0 Å². The highest BCUT2D eigenvalue weighted by Gasteiger charge is 2.31. The van der Waals surface area contributed by atoms with E-state index in [2.05, 4.69) is 31.3 Å². The largest absolute Gasteiger partial charge is 0.368 e. The van der Waals surface area contributed by atoms with E-state index in [0.29, 0.717) is 38.7 Å². The summed E-state index contributed by atoms with van der Waals surface area (Å²) in [5, 5.41) is 2.95. The Balaban J connectivity index is 1.48. The fourth-order valence-corrected chi connectivity index (χ4v) is 3.44. The molecule has 0 aromatic heterocycles. The third-order valence-electron chi connectivity index (χ3n) is 5.43. The smallest absolute Gasteiger partial charge is 0.321 e. The lowest BCUT2D eigenvalue weighted by molar-refractivity contribution is -0.142. The van der Waals surface area contributed by atoms with Crippen molar-refractivity contribution in [2.45, 2.75) is 45.1 Å². The Morgan fingerprint density at radius 1 is 1.15 bits per heavy atom. The number of ether oxygens (including phenoxy) is 1. The fraction of sp³-hybridized carbons (Fsp3) is 0.600. The topological polar surface area (TPSA) is 61.9 Å². The van der Waals surface area contributed by atoms with Crippen LogP contribution in [0.3, 0.4) is 0 Å². The van der Waals surface area contributed by atoms with E-state index >= 15 is 0 Å². The zero-order chi connectivity index (χ0) is 18.5. The third-order valence-corrected chi connectivity index (χ3v) is 5.43. The maximum absolute atomic E-state index is 12.5. The van der Waals surface area contributed by atoms with Crippen molar-refractivity contribution in [2.24, 2.45) is 0 Å². The van der Waals surface area contributed by atoms with Crippen LogP contribution < -0.4 is 5.32 Å². The van der Waals surface area contributed by atoms with Crippen LogP contribution in [0.4, 0.5) is 10.5 Å². The SMILES string of the molecule is CC[C@@H](C)c1ccc(NC(=O)N2CCN(C(=O)[C@H]3CCCO3)CC2)cc1. The molecule has 0 radical (unpaired) electrons. The molecule has 0 saturated carbocycles. The van der Waals surface area contributed by atoms with Gasteiger partial charge in [0.05, 0.1) is 0 Å². The Morgan fingerprint density at radius 3 is 2.38 bits per heavy atom. The molecule has 2 aliphatic rings. The molecule has 0 aliphatic carbocycles. The van der Waals surface area contributed by atoms with E-state index in [1.54, 1.807) is 4.90 Å². The standard InChI is InChI=1S/C20H29N3O3/c1-3-15(2)16-6-8-17(9-7-16)21-20(25)23-12-10-22(11-13-23)19(24)18-5-4-14-26-18/h6-9,15,18H,3-5,10-14H2,1-2H3,(H,21,25)/t15-,18-/m1/s1. The minimum atomic E-state index is -0.278. The molecular formula is C20H29N3O3. The molecule has 6 heteroatoms. The average Bonchev–Trinajstić information content (AvgIpc) is 3.22. The third kappa shape index (κ3) is 4.36. The zero-order valence-electron chi connectivity index (χ0n) is 15.7. The number of carbonyl (C=O) groups is 2. The number of benzene rings is 1. The summed E-state index contributed by atoms with van der Waals surface area (Å²) in [6.45, 7) is 7.28. The first kappa shape index (κ1) is 18.7. The summed E-state index contributed by atoms with van der Waals surface area (Å²) in [7, 11) is 0. The Hall–Kier alpha value is -2.08. The highest BCUT2D eigenvalue weighted by atomic mass is 16.5.